The van der Waals surface area contributed by atoms with Gasteiger partial charge in [-0.25, -0.2) is 9.97 Å². The third-order valence-corrected chi connectivity index (χ3v) is 8.35. The maximum absolute atomic E-state index is 9.03. The minimum absolute atomic E-state index is 0.426. The molecule has 0 aliphatic rings. The molecule has 2 N–H and O–H groups in total. The third kappa shape index (κ3) is 12.7. The van der Waals surface area contributed by atoms with Crippen molar-refractivity contribution in [1.82, 2.24) is 9.97 Å². The highest BCUT2D eigenvalue weighted by Gasteiger charge is 2.11. The van der Waals surface area contributed by atoms with Gasteiger partial charge in [-0.15, -0.1) is 0 Å². The number of nitrogens with zero attached hydrogens (tertiary/aromatic N) is 2. The van der Waals surface area contributed by atoms with Gasteiger partial charge in [0.15, 0.2) is 5.82 Å². The molecule has 1 aromatic heterocycles. The summed E-state index contributed by atoms with van der Waals surface area (Å²) in [6.45, 7) is 4.02. The van der Waals surface area contributed by atoms with Crippen LogP contribution in [0.3, 0.4) is 0 Å². The van der Waals surface area contributed by atoms with Crippen molar-refractivity contribution in [1.29, 1.82) is 0 Å². The number of ether oxygens (including phenoxy) is 3. The number of unbranched alkanes of at least 4 members (excludes halogenated alkanes) is 5. The van der Waals surface area contributed by atoms with Crippen molar-refractivity contribution in [3.63, 3.8) is 0 Å². The molecule has 6 aromatic rings. The molecule has 0 atom stereocenters. The Labute approximate surface area is 308 Å². The Hall–Kier alpha value is -5.44. The zero-order valence-corrected chi connectivity index (χ0v) is 29.8. The van der Waals surface area contributed by atoms with Crippen LogP contribution in [-0.2, 0) is 13.2 Å². The Kier molecular flexibility index (Phi) is 15.3. The third-order valence-electron chi connectivity index (χ3n) is 8.35. The molecule has 0 saturated carbocycles. The van der Waals surface area contributed by atoms with Crippen LogP contribution < -0.4 is 19.7 Å². The van der Waals surface area contributed by atoms with Crippen LogP contribution in [0.15, 0.2) is 146 Å². The van der Waals surface area contributed by atoms with Crippen LogP contribution in [0.2, 0.25) is 0 Å². The van der Waals surface area contributed by atoms with Crippen molar-refractivity contribution in [2.24, 2.45) is 0 Å². The van der Waals surface area contributed by atoms with Crippen LogP contribution >= 0.6 is 0 Å². The summed E-state index contributed by atoms with van der Waals surface area (Å²) in [6, 6.07) is 42.8. The van der Waals surface area contributed by atoms with E-state index in [-0.39, 0.29) is 0 Å². The van der Waals surface area contributed by atoms with Gasteiger partial charge < -0.3 is 24.3 Å². The standard InChI is InChI=1S/C31H34N2O2.C13H13BO3/c1-2-3-4-5-6-10-20-34-29-18-16-26(17-19-29)31-32-22-28(23-33-31)27-14-11-15-30(21-27)35-24-25-12-8-7-9-13-25;15-14(16)12-7-4-8-13(9-12)17-10-11-5-2-1-3-6-11/h7-9,11-19,21-23H,2-6,10,20,24H2,1H3;1-9,15-16H,10H2. The van der Waals surface area contributed by atoms with Gasteiger partial charge in [-0.2, -0.15) is 0 Å². The first kappa shape index (κ1) is 37.8. The molecule has 0 aliphatic carbocycles. The van der Waals surface area contributed by atoms with Crippen molar-refractivity contribution in [2.45, 2.75) is 58.7 Å². The second-order valence-electron chi connectivity index (χ2n) is 12.5. The SMILES string of the molecule is CCCCCCCCOc1ccc(-c2ncc(-c3cccc(OCc4ccccc4)c3)cn2)cc1.OB(O)c1cccc(OCc2ccccc2)c1. The Bertz CT molecular complexity index is 1870. The van der Waals surface area contributed by atoms with E-state index in [1.807, 2.05) is 109 Å². The van der Waals surface area contributed by atoms with Gasteiger partial charge in [-0.05, 0) is 77.1 Å². The van der Waals surface area contributed by atoms with Crippen molar-refractivity contribution in [3.8, 4) is 39.8 Å². The summed E-state index contributed by atoms with van der Waals surface area (Å²) in [5.74, 6) is 3.05. The van der Waals surface area contributed by atoms with E-state index < -0.39 is 7.12 Å². The van der Waals surface area contributed by atoms with E-state index in [0.717, 1.165) is 52.3 Å². The van der Waals surface area contributed by atoms with Gasteiger partial charge in [0.1, 0.15) is 30.5 Å². The van der Waals surface area contributed by atoms with Gasteiger partial charge >= 0.3 is 7.12 Å². The highest BCUT2D eigenvalue weighted by Crippen LogP contribution is 2.26. The summed E-state index contributed by atoms with van der Waals surface area (Å²) in [6.07, 6.45) is 11.3. The van der Waals surface area contributed by atoms with Gasteiger partial charge in [0.2, 0.25) is 0 Å². The molecular formula is C44H47BN2O5. The minimum Gasteiger partial charge on any atom is -0.494 e. The van der Waals surface area contributed by atoms with Crippen LogP contribution in [0, 0.1) is 0 Å². The highest BCUT2D eigenvalue weighted by atomic mass is 16.5. The minimum atomic E-state index is -1.46. The van der Waals surface area contributed by atoms with Crippen molar-refractivity contribution >= 4 is 12.6 Å². The van der Waals surface area contributed by atoms with E-state index in [0.29, 0.717) is 30.3 Å². The molecular weight excluding hydrogens is 647 g/mol. The number of rotatable bonds is 17. The van der Waals surface area contributed by atoms with Gasteiger partial charge in [0.25, 0.3) is 0 Å². The summed E-state index contributed by atoms with van der Waals surface area (Å²) in [5, 5.41) is 18.1. The first-order valence-corrected chi connectivity index (χ1v) is 18.0. The summed E-state index contributed by atoms with van der Waals surface area (Å²) >= 11 is 0. The van der Waals surface area contributed by atoms with E-state index in [9.17, 15) is 0 Å². The molecule has 8 heteroatoms. The van der Waals surface area contributed by atoms with Crippen molar-refractivity contribution in [2.75, 3.05) is 6.61 Å². The first-order valence-electron chi connectivity index (χ1n) is 18.0. The fourth-order valence-electron chi connectivity index (χ4n) is 5.41. The van der Waals surface area contributed by atoms with Gasteiger partial charge in [-0.3, -0.25) is 0 Å². The lowest BCUT2D eigenvalue weighted by atomic mass is 9.80. The fourth-order valence-corrected chi connectivity index (χ4v) is 5.41. The highest BCUT2D eigenvalue weighted by molar-refractivity contribution is 6.58. The molecule has 1 heterocycles. The monoisotopic (exact) mass is 694 g/mol. The number of benzene rings is 5. The Balaban J connectivity index is 0.000000257. The maximum atomic E-state index is 9.03. The molecule has 6 rings (SSSR count). The molecule has 266 valence electrons. The lowest BCUT2D eigenvalue weighted by Crippen LogP contribution is -2.29. The summed E-state index contributed by atoms with van der Waals surface area (Å²) in [4.78, 5) is 9.19. The lowest BCUT2D eigenvalue weighted by Gasteiger charge is -2.09. The number of aromatic nitrogens is 2. The van der Waals surface area contributed by atoms with Gasteiger partial charge in [0, 0.05) is 23.5 Å². The lowest BCUT2D eigenvalue weighted by molar-refractivity contribution is 0.304. The van der Waals surface area contributed by atoms with Crippen LogP contribution in [0.1, 0.15) is 56.6 Å². The Morgan fingerprint density at radius 2 is 1.08 bits per heavy atom. The van der Waals surface area contributed by atoms with E-state index >= 15 is 0 Å². The molecule has 5 aromatic carbocycles. The summed E-state index contributed by atoms with van der Waals surface area (Å²) in [5.41, 5.74) is 5.60. The molecule has 0 bridgehead atoms. The second-order valence-corrected chi connectivity index (χ2v) is 12.5. The molecule has 7 nitrogen and oxygen atoms in total. The van der Waals surface area contributed by atoms with Crippen LogP contribution in [0.25, 0.3) is 22.5 Å². The molecule has 0 radical (unpaired) electrons. The van der Waals surface area contributed by atoms with Crippen LogP contribution in [-0.4, -0.2) is 33.7 Å². The predicted octanol–water partition coefficient (Wildman–Crippen LogP) is 9.07. The van der Waals surface area contributed by atoms with Crippen LogP contribution in [0.5, 0.6) is 17.2 Å². The average Bonchev–Trinajstić information content (AvgIpc) is 3.20. The van der Waals surface area contributed by atoms with Gasteiger partial charge in [-0.1, -0.05) is 124 Å². The average molecular weight is 695 g/mol. The van der Waals surface area contributed by atoms with Gasteiger partial charge in [0.05, 0.1) is 6.61 Å². The molecule has 0 amide bonds. The molecule has 0 spiro atoms. The normalized spacial score (nSPS) is 10.5. The Morgan fingerprint density at radius 1 is 0.500 bits per heavy atom. The van der Waals surface area contributed by atoms with E-state index in [1.54, 1.807) is 24.3 Å². The smallest absolute Gasteiger partial charge is 0.488 e. The second kappa shape index (κ2) is 21.1. The zero-order chi connectivity index (χ0) is 36.2. The predicted molar refractivity (Wildman–Crippen MR) is 210 cm³/mol. The maximum Gasteiger partial charge on any atom is 0.488 e. The molecule has 52 heavy (non-hydrogen) atoms. The molecule has 0 saturated heterocycles. The quantitative estimate of drug-likeness (QED) is 0.0727. The summed E-state index contributed by atoms with van der Waals surface area (Å²) < 4.78 is 17.4. The molecule has 0 unspecified atom stereocenters. The van der Waals surface area contributed by atoms with E-state index in [2.05, 4.69) is 29.0 Å². The van der Waals surface area contributed by atoms with Crippen molar-refractivity contribution < 1.29 is 24.3 Å². The van der Waals surface area contributed by atoms with E-state index in [4.69, 9.17) is 24.3 Å². The largest absolute Gasteiger partial charge is 0.494 e. The topological polar surface area (TPSA) is 93.9 Å². The van der Waals surface area contributed by atoms with Crippen LogP contribution in [0.4, 0.5) is 0 Å². The first-order chi connectivity index (χ1) is 25.6. The number of hydrogen-bond donors (Lipinski definition) is 2. The van der Waals surface area contributed by atoms with Crippen molar-refractivity contribution in [3.05, 3.63) is 157 Å². The fraction of sp³-hybridized carbons (Fsp3) is 0.227. The molecule has 0 fully saturated rings. The van der Waals surface area contributed by atoms with E-state index in [1.165, 1.54) is 32.1 Å². The zero-order valence-electron chi connectivity index (χ0n) is 29.8. The number of hydrogen-bond acceptors (Lipinski definition) is 7. The summed E-state index contributed by atoms with van der Waals surface area (Å²) in [7, 11) is -1.46. The Morgan fingerprint density at radius 3 is 1.69 bits per heavy atom. The molecule has 0 aliphatic heterocycles.